The summed E-state index contributed by atoms with van der Waals surface area (Å²) in [5.41, 5.74) is 2.73. The maximum Gasteiger partial charge on any atom is 0.115 e. The van der Waals surface area contributed by atoms with Crippen LogP contribution in [-0.4, -0.2) is 12.8 Å². The molecular weight excluding hydrogens is 234 g/mol. The Morgan fingerprint density at radius 3 is 2.88 bits per heavy atom. The van der Waals surface area contributed by atoms with Crippen LogP contribution in [0.3, 0.4) is 0 Å². The maximum atomic E-state index is 8.67. The smallest absolute Gasteiger partial charge is 0.115 e. The number of rotatable bonds is 4. The minimum atomic E-state index is 0.366. The van der Waals surface area contributed by atoms with Crippen LogP contribution < -0.4 is 5.32 Å². The van der Waals surface area contributed by atoms with Crippen molar-refractivity contribution in [3.05, 3.63) is 40.9 Å². The van der Waals surface area contributed by atoms with Crippen molar-refractivity contribution in [3.8, 4) is 6.07 Å². The van der Waals surface area contributed by atoms with E-state index in [1.807, 2.05) is 31.3 Å². The molecule has 0 radical (unpaired) electrons. The van der Waals surface area contributed by atoms with Gasteiger partial charge in [-0.2, -0.15) is 5.26 Å². The number of benzene rings is 1. The Hall–Kier alpha value is -1.63. The molecule has 0 heterocycles. The Kier molecular flexibility index (Phi) is 4.89. The van der Waals surface area contributed by atoms with Crippen molar-refractivity contribution in [2.75, 3.05) is 7.05 Å². The molecule has 0 aromatic heterocycles. The molecule has 0 bridgehead atoms. The summed E-state index contributed by atoms with van der Waals surface area (Å²) in [4.78, 5) is 4.08. The van der Waals surface area contributed by atoms with Crippen LogP contribution in [-0.2, 0) is 6.54 Å². The molecule has 3 nitrogen and oxygen atoms in total. The van der Waals surface area contributed by atoms with Crippen LogP contribution in [0.1, 0.15) is 18.1 Å². The molecule has 1 N–H and O–H groups in total. The number of aliphatic imine (C=N–C) groups is 1. The second-order valence-corrected chi connectivity index (χ2v) is 4.01. The van der Waals surface area contributed by atoms with Gasteiger partial charge in [0.05, 0.1) is 5.70 Å². The number of hydrogen-bond acceptors (Lipinski definition) is 3. The average molecular weight is 248 g/mol. The summed E-state index contributed by atoms with van der Waals surface area (Å²) in [7, 11) is 1.88. The summed E-state index contributed by atoms with van der Waals surface area (Å²) < 4.78 is 0. The van der Waals surface area contributed by atoms with Crippen molar-refractivity contribution in [2.45, 2.75) is 13.5 Å². The van der Waals surface area contributed by atoms with E-state index in [1.54, 1.807) is 6.92 Å². The van der Waals surface area contributed by atoms with E-state index in [2.05, 4.69) is 16.9 Å². The van der Waals surface area contributed by atoms with Gasteiger partial charge in [-0.25, -0.2) is 4.99 Å². The molecule has 0 fully saturated rings. The molecule has 0 spiro atoms. The molecule has 0 saturated carbocycles. The lowest BCUT2D eigenvalue weighted by molar-refractivity contribution is 0.817. The maximum absolute atomic E-state index is 8.67. The Bertz CT molecular complexity index is 498. The van der Waals surface area contributed by atoms with Gasteiger partial charge in [0.15, 0.2) is 0 Å². The number of nitrogens with zero attached hydrogens (tertiary/aromatic N) is 2. The third-order valence-corrected chi connectivity index (χ3v) is 2.52. The summed E-state index contributed by atoms with van der Waals surface area (Å²) in [6, 6.07) is 7.64. The van der Waals surface area contributed by atoms with Crippen LogP contribution in [0, 0.1) is 11.3 Å². The number of hydrogen-bond donors (Lipinski definition) is 1. The molecule has 4 heteroatoms. The number of nitriles is 1. The van der Waals surface area contributed by atoms with Gasteiger partial charge in [0.1, 0.15) is 11.8 Å². The fourth-order valence-electron chi connectivity index (χ4n) is 1.40. The van der Waals surface area contributed by atoms with Crippen LogP contribution in [0.5, 0.6) is 0 Å². The van der Waals surface area contributed by atoms with Crippen molar-refractivity contribution in [1.29, 1.82) is 5.26 Å². The monoisotopic (exact) mass is 247 g/mol. The van der Waals surface area contributed by atoms with Crippen LogP contribution >= 0.6 is 11.6 Å². The van der Waals surface area contributed by atoms with Gasteiger partial charge in [0, 0.05) is 17.1 Å². The van der Waals surface area contributed by atoms with Gasteiger partial charge >= 0.3 is 0 Å². The Balaban J connectivity index is 3.09. The highest BCUT2D eigenvalue weighted by atomic mass is 35.5. The highest BCUT2D eigenvalue weighted by Crippen LogP contribution is 2.25. The lowest BCUT2D eigenvalue weighted by atomic mass is 10.1. The first kappa shape index (κ1) is 13.4. The van der Waals surface area contributed by atoms with Crippen molar-refractivity contribution >= 4 is 23.0 Å². The van der Waals surface area contributed by atoms with Crippen LogP contribution in [0.15, 0.2) is 29.8 Å². The van der Waals surface area contributed by atoms with Gasteiger partial charge < -0.3 is 5.32 Å². The normalized spacial score (nSPS) is 11.1. The molecular formula is C13H14ClN3. The molecule has 17 heavy (non-hydrogen) atoms. The van der Waals surface area contributed by atoms with E-state index >= 15 is 0 Å². The standard InChI is InChI=1S/C13H14ClN3/c1-9(7-15)17-10(2)12-6-11(8-16-3)4-5-13(12)14/h4-6,16H,2,8H2,1,3H3. The predicted octanol–water partition coefficient (Wildman–Crippen LogP) is 3.01. The van der Waals surface area contributed by atoms with Gasteiger partial charge in [-0.05, 0) is 31.7 Å². The summed E-state index contributed by atoms with van der Waals surface area (Å²) in [5, 5.41) is 12.3. The zero-order chi connectivity index (χ0) is 12.8. The van der Waals surface area contributed by atoms with Crippen molar-refractivity contribution in [1.82, 2.24) is 5.32 Å². The fourth-order valence-corrected chi connectivity index (χ4v) is 1.62. The minimum Gasteiger partial charge on any atom is -0.316 e. The third-order valence-electron chi connectivity index (χ3n) is 2.19. The zero-order valence-corrected chi connectivity index (χ0v) is 10.7. The Morgan fingerprint density at radius 2 is 2.29 bits per heavy atom. The van der Waals surface area contributed by atoms with Gasteiger partial charge in [0.25, 0.3) is 0 Å². The molecule has 1 rings (SSSR count). The molecule has 0 unspecified atom stereocenters. The van der Waals surface area contributed by atoms with Crippen molar-refractivity contribution in [2.24, 2.45) is 4.99 Å². The van der Waals surface area contributed by atoms with Crippen LogP contribution in [0.2, 0.25) is 5.02 Å². The summed E-state index contributed by atoms with van der Waals surface area (Å²) in [6.45, 7) is 6.22. The third kappa shape index (κ3) is 3.70. The lowest BCUT2D eigenvalue weighted by Crippen LogP contribution is -2.05. The van der Waals surface area contributed by atoms with Gasteiger partial charge in [-0.1, -0.05) is 24.2 Å². The number of halogens is 1. The molecule has 0 aliphatic heterocycles. The molecule has 0 aliphatic rings. The highest BCUT2D eigenvalue weighted by molar-refractivity contribution is 6.32. The predicted molar refractivity (Wildman–Crippen MR) is 72.0 cm³/mol. The van der Waals surface area contributed by atoms with Gasteiger partial charge in [-0.15, -0.1) is 0 Å². The van der Waals surface area contributed by atoms with Gasteiger partial charge in [-0.3, -0.25) is 0 Å². The molecule has 88 valence electrons. The van der Waals surface area contributed by atoms with E-state index in [4.69, 9.17) is 16.9 Å². The van der Waals surface area contributed by atoms with Crippen LogP contribution in [0.4, 0.5) is 0 Å². The van der Waals surface area contributed by atoms with Crippen molar-refractivity contribution in [3.63, 3.8) is 0 Å². The molecule has 0 saturated heterocycles. The zero-order valence-electron chi connectivity index (χ0n) is 9.92. The Labute approximate surface area is 106 Å². The number of nitrogens with one attached hydrogen (secondary N) is 1. The first-order valence-corrected chi connectivity index (χ1v) is 5.54. The summed E-state index contributed by atoms with van der Waals surface area (Å²) >= 11 is 6.08. The molecule has 0 atom stereocenters. The second kappa shape index (κ2) is 6.19. The fraction of sp³-hybridized carbons (Fsp3) is 0.231. The van der Waals surface area contributed by atoms with E-state index in [0.29, 0.717) is 16.4 Å². The summed E-state index contributed by atoms with van der Waals surface area (Å²) in [6.07, 6.45) is 0. The average Bonchev–Trinajstić information content (AvgIpc) is 2.31. The van der Waals surface area contributed by atoms with E-state index in [9.17, 15) is 0 Å². The first-order valence-electron chi connectivity index (χ1n) is 5.16. The van der Waals surface area contributed by atoms with E-state index in [1.165, 1.54) is 0 Å². The Morgan fingerprint density at radius 1 is 1.59 bits per heavy atom. The topological polar surface area (TPSA) is 48.2 Å². The lowest BCUT2D eigenvalue weighted by Gasteiger charge is -2.07. The highest BCUT2D eigenvalue weighted by Gasteiger charge is 2.05. The molecule has 1 aromatic rings. The SMILES string of the molecule is C=C(N=C(C)C#N)c1cc(CNC)ccc1Cl. The summed E-state index contributed by atoms with van der Waals surface area (Å²) in [5.74, 6) is 0. The van der Waals surface area contributed by atoms with Crippen molar-refractivity contribution < 1.29 is 0 Å². The van der Waals surface area contributed by atoms with Crippen LogP contribution in [0.25, 0.3) is 5.70 Å². The molecule has 1 aromatic carbocycles. The van der Waals surface area contributed by atoms with E-state index in [0.717, 1.165) is 17.7 Å². The first-order chi connectivity index (χ1) is 8.08. The minimum absolute atomic E-state index is 0.366. The molecule has 0 amide bonds. The van der Waals surface area contributed by atoms with Gasteiger partial charge in [0.2, 0.25) is 0 Å². The second-order valence-electron chi connectivity index (χ2n) is 3.60. The van der Waals surface area contributed by atoms with E-state index < -0.39 is 0 Å². The quantitative estimate of drug-likeness (QED) is 0.832. The van der Waals surface area contributed by atoms with E-state index in [-0.39, 0.29) is 0 Å². The molecule has 0 aliphatic carbocycles. The largest absolute Gasteiger partial charge is 0.316 e.